The zero-order valence-electron chi connectivity index (χ0n) is 9.20. The van der Waals surface area contributed by atoms with E-state index in [-0.39, 0.29) is 0 Å². The maximum atomic E-state index is 11.2. The molecule has 0 saturated heterocycles. The molecule has 0 fully saturated rings. The van der Waals surface area contributed by atoms with E-state index in [9.17, 15) is 4.79 Å². The summed E-state index contributed by atoms with van der Waals surface area (Å²) in [6, 6.07) is 4.63. The zero-order chi connectivity index (χ0) is 12.1. The largest absolute Gasteiger partial charge is 0.495 e. The van der Waals surface area contributed by atoms with Crippen molar-refractivity contribution in [3.8, 4) is 5.75 Å². The Hall–Kier alpha value is -1.26. The number of nitrogens with two attached hydrogens (primary N) is 1. The first kappa shape index (κ1) is 12.8. The third kappa shape index (κ3) is 2.87. The van der Waals surface area contributed by atoms with Gasteiger partial charge in [-0.25, -0.2) is 0 Å². The average molecular weight is 244 g/mol. The van der Waals surface area contributed by atoms with Gasteiger partial charge in [0.05, 0.1) is 19.2 Å². The molecule has 0 saturated carbocycles. The summed E-state index contributed by atoms with van der Waals surface area (Å²) in [4.78, 5) is 11.2. The number of carbonyl (C=O) groups excluding carboxylic acids is 1. The Morgan fingerprint density at radius 3 is 2.75 bits per heavy atom. The van der Waals surface area contributed by atoms with Gasteiger partial charge >= 0.3 is 5.97 Å². The molecule has 1 aromatic rings. The quantitative estimate of drug-likeness (QED) is 0.812. The summed E-state index contributed by atoms with van der Waals surface area (Å²) in [5.74, 6) is 0.107. The zero-order valence-corrected chi connectivity index (χ0v) is 9.95. The highest BCUT2D eigenvalue weighted by Gasteiger charge is 2.17. The topological polar surface area (TPSA) is 61.5 Å². The molecule has 88 valence electrons. The maximum Gasteiger partial charge on any atom is 0.322 e. The summed E-state index contributed by atoms with van der Waals surface area (Å²) in [5, 5.41) is 0.476. The summed E-state index contributed by atoms with van der Waals surface area (Å²) < 4.78 is 9.61. The lowest BCUT2D eigenvalue weighted by atomic mass is 10.1. The minimum Gasteiger partial charge on any atom is -0.495 e. The molecule has 0 aliphatic heterocycles. The van der Waals surface area contributed by atoms with Crippen molar-refractivity contribution in [2.24, 2.45) is 5.73 Å². The van der Waals surface area contributed by atoms with Crippen molar-refractivity contribution in [1.82, 2.24) is 0 Å². The SMILES string of the molecule is COC(=O)C(N)Cc1cccc(OC)c1Cl. The van der Waals surface area contributed by atoms with Crippen LogP contribution in [0.4, 0.5) is 0 Å². The number of benzene rings is 1. The molecule has 0 bridgehead atoms. The van der Waals surface area contributed by atoms with Gasteiger partial charge in [0.15, 0.2) is 0 Å². The van der Waals surface area contributed by atoms with E-state index in [0.29, 0.717) is 17.2 Å². The minimum absolute atomic E-state index is 0.322. The number of ether oxygens (including phenoxy) is 2. The lowest BCUT2D eigenvalue weighted by Crippen LogP contribution is -2.33. The van der Waals surface area contributed by atoms with Gasteiger partial charge in [-0.2, -0.15) is 0 Å². The first-order valence-electron chi connectivity index (χ1n) is 4.75. The van der Waals surface area contributed by atoms with Crippen molar-refractivity contribution in [2.45, 2.75) is 12.5 Å². The maximum absolute atomic E-state index is 11.2. The minimum atomic E-state index is -0.713. The molecule has 0 aliphatic carbocycles. The van der Waals surface area contributed by atoms with Crippen molar-refractivity contribution >= 4 is 17.6 Å². The van der Waals surface area contributed by atoms with Gasteiger partial charge in [0.1, 0.15) is 11.8 Å². The molecule has 1 atom stereocenters. The Balaban J connectivity index is 2.85. The van der Waals surface area contributed by atoms with Crippen LogP contribution in [0.3, 0.4) is 0 Å². The molecule has 16 heavy (non-hydrogen) atoms. The molecular weight excluding hydrogens is 230 g/mol. The molecule has 0 aromatic heterocycles. The van der Waals surface area contributed by atoms with Gasteiger partial charge in [-0.05, 0) is 18.1 Å². The third-order valence-corrected chi connectivity index (χ3v) is 2.64. The first-order valence-corrected chi connectivity index (χ1v) is 5.12. The van der Waals surface area contributed by atoms with Crippen molar-refractivity contribution < 1.29 is 14.3 Å². The molecule has 2 N–H and O–H groups in total. The third-order valence-electron chi connectivity index (χ3n) is 2.21. The highest BCUT2D eigenvalue weighted by Crippen LogP contribution is 2.28. The van der Waals surface area contributed by atoms with Crippen LogP contribution in [0.2, 0.25) is 5.02 Å². The Kier molecular flexibility index (Phi) is 4.58. The van der Waals surface area contributed by atoms with E-state index in [1.165, 1.54) is 14.2 Å². The molecule has 5 heteroatoms. The smallest absolute Gasteiger partial charge is 0.322 e. The standard InChI is InChI=1S/C11H14ClNO3/c1-15-9-5-3-4-7(10(9)12)6-8(13)11(14)16-2/h3-5,8H,6,13H2,1-2H3. The number of halogens is 1. The first-order chi connectivity index (χ1) is 7.60. The molecule has 0 amide bonds. The van der Waals surface area contributed by atoms with Gasteiger partial charge in [0, 0.05) is 0 Å². The molecule has 0 spiro atoms. The predicted molar refractivity (Wildman–Crippen MR) is 61.7 cm³/mol. The average Bonchev–Trinajstić information content (AvgIpc) is 2.30. The van der Waals surface area contributed by atoms with Gasteiger partial charge in [-0.15, -0.1) is 0 Å². The molecule has 0 aliphatic rings. The molecule has 0 heterocycles. The Bertz CT molecular complexity index is 381. The number of rotatable bonds is 4. The molecule has 4 nitrogen and oxygen atoms in total. The predicted octanol–water partition coefficient (Wildman–Crippen LogP) is 1.39. The van der Waals surface area contributed by atoms with E-state index in [2.05, 4.69) is 4.74 Å². The van der Waals surface area contributed by atoms with Crippen LogP contribution in [0.1, 0.15) is 5.56 Å². The van der Waals surface area contributed by atoms with E-state index >= 15 is 0 Å². The Labute approximate surface area is 99.3 Å². The summed E-state index contributed by atoms with van der Waals surface area (Å²) >= 11 is 6.07. The van der Waals surface area contributed by atoms with E-state index in [4.69, 9.17) is 22.1 Å². The second kappa shape index (κ2) is 5.72. The van der Waals surface area contributed by atoms with Crippen molar-refractivity contribution in [1.29, 1.82) is 0 Å². The van der Waals surface area contributed by atoms with Crippen LogP contribution in [0.15, 0.2) is 18.2 Å². The van der Waals surface area contributed by atoms with Gasteiger partial charge in [0.25, 0.3) is 0 Å². The van der Waals surface area contributed by atoms with Crippen molar-refractivity contribution in [3.05, 3.63) is 28.8 Å². The fraction of sp³-hybridized carbons (Fsp3) is 0.364. The summed E-state index contributed by atoms with van der Waals surface area (Å²) in [7, 11) is 2.83. The van der Waals surface area contributed by atoms with Crippen LogP contribution in [0, 0.1) is 0 Å². The highest BCUT2D eigenvalue weighted by molar-refractivity contribution is 6.32. The van der Waals surface area contributed by atoms with Gasteiger partial charge in [-0.3, -0.25) is 4.79 Å². The van der Waals surface area contributed by atoms with Crippen LogP contribution >= 0.6 is 11.6 Å². The second-order valence-electron chi connectivity index (χ2n) is 3.27. The summed E-state index contributed by atoms with van der Waals surface area (Å²) in [6.45, 7) is 0. The van der Waals surface area contributed by atoms with Crippen LogP contribution < -0.4 is 10.5 Å². The van der Waals surface area contributed by atoms with Crippen LogP contribution in [0.5, 0.6) is 5.75 Å². The van der Waals surface area contributed by atoms with Gasteiger partial charge in [0.2, 0.25) is 0 Å². The molecular formula is C11H14ClNO3. The number of hydrogen-bond donors (Lipinski definition) is 1. The molecule has 1 rings (SSSR count). The lowest BCUT2D eigenvalue weighted by Gasteiger charge is -2.12. The monoisotopic (exact) mass is 243 g/mol. The normalized spacial score (nSPS) is 12.0. The molecule has 0 radical (unpaired) electrons. The van der Waals surface area contributed by atoms with Gasteiger partial charge < -0.3 is 15.2 Å². The highest BCUT2D eigenvalue weighted by atomic mass is 35.5. The van der Waals surface area contributed by atoms with Crippen LogP contribution in [-0.2, 0) is 16.0 Å². The fourth-order valence-electron chi connectivity index (χ4n) is 1.34. The van der Waals surface area contributed by atoms with E-state index in [1.807, 2.05) is 0 Å². The number of hydrogen-bond acceptors (Lipinski definition) is 4. The van der Waals surface area contributed by atoms with Gasteiger partial charge in [-0.1, -0.05) is 23.7 Å². The van der Waals surface area contributed by atoms with Crippen molar-refractivity contribution in [2.75, 3.05) is 14.2 Å². The number of esters is 1. The van der Waals surface area contributed by atoms with Crippen molar-refractivity contribution in [3.63, 3.8) is 0 Å². The number of carbonyl (C=O) groups is 1. The second-order valence-corrected chi connectivity index (χ2v) is 3.65. The Morgan fingerprint density at radius 1 is 1.50 bits per heavy atom. The number of methoxy groups -OCH3 is 2. The van der Waals surface area contributed by atoms with E-state index < -0.39 is 12.0 Å². The molecule has 1 aromatic carbocycles. The lowest BCUT2D eigenvalue weighted by molar-refractivity contribution is -0.142. The fourth-order valence-corrected chi connectivity index (χ4v) is 1.62. The van der Waals surface area contributed by atoms with E-state index in [1.54, 1.807) is 18.2 Å². The Morgan fingerprint density at radius 2 is 2.19 bits per heavy atom. The van der Waals surface area contributed by atoms with Crippen LogP contribution in [-0.4, -0.2) is 26.2 Å². The molecule has 1 unspecified atom stereocenters. The van der Waals surface area contributed by atoms with E-state index in [0.717, 1.165) is 5.56 Å². The summed E-state index contributed by atoms with van der Waals surface area (Å²) in [6.07, 6.45) is 0.322. The van der Waals surface area contributed by atoms with Crippen LogP contribution in [0.25, 0.3) is 0 Å². The summed E-state index contributed by atoms with van der Waals surface area (Å²) in [5.41, 5.74) is 6.41.